The number of hydrogen-bond acceptors (Lipinski definition) is 9. The highest BCUT2D eigenvalue weighted by Crippen LogP contribution is 2.49. The van der Waals surface area contributed by atoms with Crippen LogP contribution in [-0.2, 0) is 27.3 Å². The Kier molecular flexibility index (Phi) is 9.29. The molecular formula is C33H31FN2O8. The molecule has 228 valence electrons. The number of fused-ring (bicyclic) bond motifs is 1. The lowest BCUT2D eigenvalue weighted by atomic mass is 9.88. The fourth-order valence-electron chi connectivity index (χ4n) is 4.85. The molecule has 1 aliphatic carbocycles. The zero-order chi connectivity index (χ0) is 31.3. The molecule has 1 amide bonds. The minimum atomic E-state index is -1.15. The molecule has 0 aliphatic heterocycles. The fourth-order valence-corrected chi connectivity index (χ4v) is 4.85. The molecule has 1 heterocycles. The molecule has 1 aliphatic rings. The molecule has 0 bridgehead atoms. The van der Waals surface area contributed by atoms with Crippen molar-refractivity contribution in [1.82, 2.24) is 10.5 Å². The maximum absolute atomic E-state index is 13.2. The minimum absolute atomic E-state index is 0.0911. The predicted molar refractivity (Wildman–Crippen MR) is 157 cm³/mol. The average molecular weight is 603 g/mol. The molecule has 1 saturated carbocycles. The first kappa shape index (κ1) is 30.7. The van der Waals surface area contributed by atoms with Crippen molar-refractivity contribution < 1.29 is 43.3 Å². The van der Waals surface area contributed by atoms with Gasteiger partial charge in [-0.1, -0.05) is 24.3 Å². The van der Waals surface area contributed by atoms with E-state index in [0.29, 0.717) is 40.8 Å². The van der Waals surface area contributed by atoms with Gasteiger partial charge in [-0.15, -0.1) is 0 Å². The number of Topliss-reactive ketones (excluding diaryl/α,β-unsaturated/α-hetero) is 2. The molecule has 4 aromatic rings. The van der Waals surface area contributed by atoms with E-state index in [1.807, 2.05) is 0 Å². The molecule has 1 atom stereocenters. The summed E-state index contributed by atoms with van der Waals surface area (Å²) in [7, 11) is 1.41. The summed E-state index contributed by atoms with van der Waals surface area (Å²) in [4.78, 5) is 48.2. The van der Waals surface area contributed by atoms with Crippen molar-refractivity contribution in [2.24, 2.45) is 5.41 Å². The molecule has 11 heteroatoms. The summed E-state index contributed by atoms with van der Waals surface area (Å²) in [5.41, 5.74) is 3.29. The summed E-state index contributed by atoms with van der Waals surface area (Å²) in [5.74, 6) is -0.155. The second kappa shape index (κ2) is 13.3. The molecule has 3 N–H and O–H groups in total. The van der Waals surface area contributed by atoms with E-state index in [9.17, 15) is 23.9 Å². The van der Waals surface area contributed by atoms with Gasteiger partial charge in [0.2, 0.25) is 0 Å². The Bertz CT molecular complexity index is 1670. The number of nitrogens with zero attached hydrogens (tertiary/aromatic N) is 1. The zero-order valence-corrected chi connectivity index (χ0v) is 23.9. The molecule has 3 aromatic carbocycles. The average Bonchev–Trinajstić information content (AvgIpc) is 3.85. The highest BCUT2D eigenvalue weighted by atomic mass is 19.1. The van der Waals surface area contributed by atoms with E-state index < -0.39 is 24.0 Å². The number of ether oxygens (including phenoxy) is 2. The Balaban J connectivity index is 1.27. The SMILES string of the molecule is COc1cc2nccc(Oc3ccc(CC(=O)C4(C(=O)Cc5ccc(F)cc5)CC4)cc3)c2cc1C(=O)NOCC(O)CO. The van der Waals surface area contributed by atoms with Crippen LogP contribution in [0.3, 0.4) is 0 Å². The van der Waals surface area contributed by atoms with Crippen molar-refractivity contribution in [3.8, 4) is 17.2 Å². The number of hydrogen-bond donors (Lipinski definition) is 3. The molecule has 1 aromatic heterocycles. The third kappa shape index (κ3) is 6.91. The number of halogens is 1. The van der Waals surface area contributed by atoms with Crippen molar-refractivity contribution in [2.75, 3.05) is 20.3 Å². The highest BCUT2D eigenvalue weighted by Gasteiger charge is 2.54. The Hall–Kier alpha value is -4.71. The van der Waals surface area contributed by atoms with Gasteiger partial charge in [0.25, 0.3) is 5.91 Å². The molecule has 1 fully saturated rings. The van der Waals surface area contributed by atoms with Gasteiger partial charge in [0.05, 0.1) is 30.2 Å². The molecular weight excluding hydrogens is 571 g/mol. The smallest absolute Gasteiger partial charge is 0.278 e. The monoisotopic (exact) mass is 602 g/mol. The Labute approximate surface area is 252 Å². The Morgan fingerprint density at radius 3 is 2.18 bits per heavy atom. The van der Waals surface area contributed by atoms with Crippen LogP contribution in [0.5, 0.6) is 17.2 Å². The van der Waals surface area contributed by atoms with Crippen LogP contribution in [0.1, 0.15) is 34.3 Å². The normalized spacial score (nSPS) is 14.1. The number of pyridine rings is 1. The summed E-state index contributed by atoms with van der Waals surface area (Å²) in [6, 6.07) is 17.5. The minimum Gasteiger partial charge on any atom is -0.496 e. The summed E-state index contributed by atoms with van der Waals surface area (Å²) in [6.07, 6.45) is 1.64. The number of nitrogens with one attached hydrogen (secondary N) is 1. The van der Waals surface area contributed by atoms with Crippen LogP contribution in [0.2, 0.25) is 0 Å². The van der Waals surface area contributed by atoms with Gasteiger partial charge in [-0.05, 0) is 60.4 Å². The van der Waals surface area contributed by atoms with Gasteiger partial charge < -0.3 is 19.7 Å². The molecule has 0 saturated heterocycles. The molecule has 10 nitrogen and oxygen atoms in total. The molecule has 44 heavy (non-hydrogen) atoms. The standard InChI is InChI=1S/C33H31FN2O8/c1-42-29-17-27-25(16-26(29)32(41)36-43-19-23(38)18-37)28(10-13-35-27)44-24-8-4-21(5-9-24)15-31(40)33(11-12-33)30(39)14-20-2-6-22(34)7-3-20/h2-10,13,16-17,23,37-38H,11-12,14-15,18-19H2,1H3,(H,36,41). The lowest BCUT2D eigenvalue weighted by Crippen LogP contribution is -2.30. The zero-order valence-electron chi connectivity index (χ0n) is 23.9. The lowest BCUT2D eigenvalue weighted by molar-refractivity contribution is -0.133. The first-order valence-electron chi connectivity index (χ1n) is 14.0. The number of carbonyl (C=O) groups excluding carboxylic acids is 3. The van der Waals surface area contributed by atoms with Gasteiger partial charge in [-0.25, -0.2) is 9.87 Å². The van der Waals surface area contributed by atoms with Crippen LogP contribution >= 0.6 is 0 Å². The maximum atomic E-state index is 13.2. The number of aliphatic hydroxyl groups is 2. The van der Waals surface area contributed by atoms with E-state index in [1.54, 1.807) is 60.8 Å². The van der Waals surface area contributed by atoms with E-state index >= 15 is 0 Å². The Morgan fingerprint density at radius 2 is 1.59 bits per heavy atom. The Morgan fingerprint density at radius 1 is 0.955 bits per heavy atom. The topological polar surface area (TPSA) is 144 Å². The summed E-state index contributed by atoms with van der Waals surface area (Å²) >= 11 is 0. The van der Waals surface area contributed by atoms with E-state index in [4.69, 9.17) is 19.4 Å². The second-order valence-corrected chi connectivity index (χ2v) is 10.6. The van der Waals surface area contributed by atoms with Gasteiger partial charge in [-0.3, -0.25) is 24.2 Å². The quantitative estimate of drug-likeness (QED) is 0.145. The number of methoxy groups -OCH3 is 1. The lowest BCUT2D eigenvalue weighted by Gasteiger charge is -2.14. The molecule has 0 spiro atoms. The number of carbonyl (C=O) groups is 3. The third-order valence-corrected chi connectivity index (χ3v) is 7.53. The van der Waals surface area contributed by atoms with E-state index in [2.05, 4.69) is 10.5 Å². The number of rotatable bonds is 14. The van der Waals surface area contributed by atoms with Gasteiger partial charge in [-0.2, -0.15) is 0 Å². The van der Waals surface area contributed by atoms with Crippen molar-refractivity contribution in [3.05, 3.63) is 95.4 Å². The fraction of sp³-hybridized carbons (Fsp3) is 0.273. The van der Waals surface area contributed by atoms with Gasteiger partial charge in [0, 0.05) is 30.5 Å². The van der Waals surface area contributed by atoms with E-state index in [1.165, 1.54) is 19.2 Å². The third-order valence-electron chi connectivity index (χ3n) is 7.53. The van der Waals surface area contributed by atoms with Gasteiger partial charge in [0.15, 0.2) is 11.6 Å². The van der Waals surface area contributed by atoms with Crippen LogP contribution in [0.4, 0.5) is 4.39 Å². The highest BCUT2D eigenvalue weighted by molar-refractivity contribution is 6.11. The van der Waals surface area contributed by atoms with Gasteiger partial charge >= 0.3 is 0 Å². The first-order chi connectivity index (χ1) is 21.2. The van der Waals surface area contributed by atoms with E-state index in [0.717, 1.165) is 5.56 Å². The number of aromatic nitrogens is 1. The van der Waals surface area contributed by atoms with Crippen molar-refractivity contribution in [1.29, 1.82) is 0 Å². The van der Waals surface area contributed by atoms with Crippen LogP contribution in [0.15, 0.2) is 72.9 Å². The molecule has 1 unspecified atom stereocenters. The number of ketones is 2. The summed E-state index contributed by atoms with van der Waals surface area (Å²) in [5, 5.41) is 18.8. The summed E-state index contributed by atoms with van der Waals surface area (Å²) in [6.45, 7) is -0.818. The molecule has 5 rings (SSSR count). The van der Waals surface area contributed by atoms with Crippen molar-refractivity contribution in [2.45, 2.75) is 31.8 Å². The van der Waals surface area contributed by atoms with Crippen molar-refractivity contribution in [3.63, 3.8) is 0 Å². The largest absolute Gasteiger partial charge is 0.496 e. The van der Waals surface area contributed by atoms with Crippen LogP contribution in [-0.4, -0.2) is 59.1 Å². The number of benzene rings is 3. The second-order valence-electron chi connectivity index (χ2n) is 10.6. The van der Waals surface area contributed by atoms with Crippen molar-refractivity contribution >= 4 is 28.4 Å². The first-order valence-corrected chi connectivity index (χ1v) is 14.0. The number of hydroxylamine groups is 1. The van der Waals surface area contributed by atoms with Gasteiger partial charge in [0.1, 0.15) is 35.8 Å². The predicted octanol–water partition coefficient (Wildman–Crippen LogP) is 3.89. The van der Waals surface area contributed by atoms with Crippen LogP contribution < -0.4 is 15.0 Å². The molecule has 0 radical (unpaired) electrons. The number of aliphatic hydroxyl groups excluding tert-OH is 2. The summed E-state index contributed by atoms with van der Waals surface area (Å²) < 4.78 is 24.7. The van der Waals surface area contributed by atoms with Crippen LogP contribution in [0.25, 0.3) is 10.9 Å². The van der Waals surface area contributed by atoms with E-state index in [-0.39, 0.29) is 48.1 Å². The number of amides is 1. The maximum Gasteiger partial charge on any atom is 0.278 e. The van der Waals surface area contributed by atoms with Crippen LogP contribution in [0, 0.1) is 11.2 Å².